The van der Waals surface area contributed by atoms with Gasteiger partial charge in [-0.25, -0.2) is 0 Å². The Morgan fingerprint density at radius 2 is 1.80 bits per heavy atom. The molecule has 1 atom stereocenters. The van der Waals surface area contributed by atoms with Gasteiger partial charge in [0, 0.05) is 0 Å². The van der Waals surface area contributed by atoms with Crippen LogP contribution in [-0.4, -0.2) is 27.0 Å². The van der Waals surface area contributed by atoms with Gasteiger partial charge in [-0.2, -0.15) is 0 Å². The van der Waals surface area contributed by atoms with Crippen LogP contribution < -0.4 is 0 Å². The highest BCUT2D eigenvalue weighted by atomic mass is 79.9. The molecule has 0 aliphatic heterocycles. The van der Waals surface area contributed by atoms with Gasteiger partial charge in [-0.15, -0.1) is 0 Å². The van der Waals surface area contributed by atoms with E-state index in [9.17, 15) is 14.7 Å². The molecule has 1 rings (SSSR count). The van der Waals surface area contributed by atoms with E-state index in [-0.39, 0.29) is 0 Å². The van der Waals surface area contributed by atoms with Crippen molar-refractivity contribution in [2.24, 2.45) is 11.3 Å². The van der Waals surface area contributed by atoms with E-state index in [0.29, 0.717) is 18.8 Å². The fraction of sp³-hybridized carbons (Fsp3) is 0.800. The molecule has 0 aromatic carbocycles. The lowest BCUT2D eigenvalue weighted by molar-refractivity contribution is -0.157. The van der Waals surface area contributed by atoms with Crippen LogP contribution in [0.15, 0.2) is 0 Å². The molecule has 1 fully saturated rings. The number of carboxylic acids is 2. The average molecular weight is 279 g/mol. The number of halogens is 1. The minimum atomic E-state index is -1.13. The van der Waals surface area contributed by atoms with E-state index in [0.717, 1.165) is 12.8 Å². The highest BCUT2D eigenvalue weighted by Crippen LogP contribution is 2.44. The van der Waals surface area contributed by atoms with Gasteiger partial charge in [0.25, 0.3) is 0 Å². The second-order valence-corrected chi connectivity index (χ2v) is 5.26. The number of hydrogen-bond acceptors (Lipinski definition) is 2. The fourth-order valence-electron chi connectivity index (χ4n) is 2.09. The Hall–Kier alpha value is -0.580. The second-order valence-electron chi connectivity index (χ2n) is 4.34. The summed E-state index contributed by atoms with van der Waals surface area (Å²) >= 11 is 3.00. The minimum absolute atomic E-state index is 0.436. The van der Waals surface area contributed by atoms with Crippen LogP contribution in [0, 0.1) is 11.3 Å². The molecule has 0 aromatic heterocycles. The first-order chi connectivity index (χ1) is 6.90. The summed E-state index contributed by atoms with van der Waals surface area (Å²) in [5, 5.41) is 18.1. The standard InChI is InChI=1S/C10H15BrO4/c1-6-2-4-10(5-3-6,9(14)15)7(11)8(12)13/h6-7H,2-5H2,1H3,(H,12,13)(H,14,15)/t6?,7-,10?/m0/s1. The van der Waals surface area contributed by atoms with Crippen molar-refractivity contribution in [3.05, 3.63) is 0 Å². The maximum Gasteiger partial charge on any atom is 0.318 e. The van der Waals surface area contributed by atoms with Crippen LogP contribution in [0.25, 0.3) is 0 Å². The Balaban J connectivity index is 2.89. The molecule has 1 aliphatic rings. The van der Waals surface area contributed by atoms with Crippen LogP contribution in [-0.2, 0) is 9.59 Å². The summed E-state index contributed by atoms with van der Waals surface area (Å²) < 4.78 is 0. The Bertz CT molecular complexity index is 269. The van der Waals surface area contributed by atoms with E-state index in [1.807, 2.05) is 0 Å². The number of hydrogen-bond donors (Lipinski definition) is 2. The molecule has 0 radical (unpaired) electrons. The molecule has 0 bridgehead atoms. The SMILES string of the molecule is CC1CCC(C(=O)O)([C@@H](Br)C(=O)O)CC1. The van der Waals surface area contributed by atoms with E-state index < -0.39 is 22.2 Å². The van der Waals surface area contributed by atoms with Crippen molar-refractivity contribution in [1.82, 2.24) is 0 Å². The van der Waals surface area contributed by atoms with Gasteiger partial charge >= 0.3 is 11.9 Å². The maximum absolute atomic E-state index is 11.2. The van der Waals surface area contributed by atoms with Crippen LogP contribution in [0.5, 0.6) is 0 Å². The lowest BCUT2D eigenvalue weighted by atomic mass is 9.69. The number of carboxylic acid groups (broad SMARTS) is 2. The molecule has 86 valence electrons. The van der Waals surface area contributed by atoms with Gasteiger partial charge < -0.3 is 10.2 Å². The summed E-state index contributed by atoms with van der Waals surface area (Å²) in [7, 11) is 0. The predicted molar refractivity (Wildman–Crippen MR) is 58.1 cm³/mol. The summed E-state index contributed by atoms with van der Waals surface area (Å²) in [4.78, 5) is 21.1. The predicted octanol–water partition coefficient (Wildman–Crippen LogP) is 2.12. The first kappa shape index (κ1) is 12.5. The first-order valence-corrected chi connectivity index (χ1v) is 5.92. The van der Waals surface area contributed by atoms with Crippen molar-refractivity contribution < 1.29 is 19.8 Å². The lowest BCUT2D eigenvalue weighted by Crippen LogP contribution is -2.45. The summed E-state index contributed by atoms with van der Waals surface area (Å²) in [6.45, 7) is 2.07. The first-order valence-electron chi connectivity index (χ1n) is 5.00. The van der Waals surface area contributed by atoms with Gasteiger partial charge in [0.05, 0.1) is 5.41 Å². The van der Waals surface area contributed by atoms with Crippen molar-refractivity contribution in [1.29, 1.82) is 0 Å². The largest absolute Gasteiger partial charge is 0.481 e. The molecular weight excluding hydrogens is 264 g/mol. The van der Waals surface area contributed by atoms with Gasteiger partial charge in [-0.1, -0.05) is 22.9 Å². The summed E-state index contributed by atoms with van der Waals surface area (Å²) in [5.74, 6) is -1.60. The maximum atomic E-state index is 11.2. The molecule has 5 heteroatoms. The average Bonchev–Trinajstić information content (AvgIpc) is 2.17. The van der Waals surface area contributed by atoms with Crippen LogP contribution in [0.3, 0.4) is 0 Å². The van der Waals surface area contributed by atoms with Crippen LogP contribution >= 0.6 is 15.9 Å². The van der Waals surface area contributed by atoms with Crippen molar-refractivity contribution in [3.8, 4) is 0 Å². The quantitative estimate of drug-likeness (QED) is 0.776. The van der Waals surface area contributed by atoms with Crippen molar-refractivity contribution in [2.75, 3.05) is 0 Å². The monoisotopic (exact) mass is 278 g/mol. The molecule has 0 aromatic rings. The third-order valence-electron chi connectivity index (χ3n) is 3.29. The zero-order valence-corrected chi connectivity index (χ0v) is 10.2. The summed E-state index contributed by atoms with van der Waals surface area (Å²) in [5.41, 5.74) is -1.13. The third kappa shape index (κ3) is 2.33. The highest BCUT2D eigenvalue weighted by molar-refractivity contribution is 9.10. The number of carbonyl (C=O) groups is 2. The molecule has 0 saturated heterocycles. The molecule has 15 heavy (non-hydrogen) atoms. The molecule has 1 aliphatic carbocycles. The molecule has 0 heterocycles. The molecule has 4 nitrogen and oxygen atoms in total. The van der Waals surface area contributed by atoms with Gasteiger partial charge in [0.1, 0.15) is 4.83 Å². The third-order valence-corrected chi connectivity index (χ3v) is 4.56. The summed E-state index contributed by atoms with van der Waals surface area (Å²) in [6.07, 6.45) is 2.43. The normalized spacial score (nSPS) is 33.3. The Morgan fingerprint density at radius 1 is 1.33 bits per heavy atom. The zero-order chi connectivity index (χ0) is 11.6. The van der Waals surface area contributed by atoms with Gasteiger partial charge in [-0.05, 0) is 31.6 Å². The van der Waals surface area contributed by atoms with Crippen molar-refractivity contribution >= 4 is 27.9 Å². The van der Waals surface area contributed by atoms with Gasteiger partial charge in [-0.3, -0.25) is 9.59 Å². The number of alkyl halides is 1. The Labute approximate surface area is 96.8 Å². The smallest absolute Gasteiger partial charge is 0.318 e. The van der Waals surface area contributed by atoms with Gasteiger partial charge in [0.15, 0.2) is 0 Å². The minimum Gasteiger partial charge on any atom is -0.481 e. The van der Waals surface area contributed by atoms with Crippen LogP contribution in [0.1, 0.15) is 32.6 Å². The Morgan fingerprint density at radius 3 is 2.13 bits per heavy atom. The van der Waals surface area contributed by atoms with E-state index in [1.165, 1.54) is 0 Å². The van der Waals surface area contributed by atoms with Gasteiger partial charge in [0.2, 0.25) is 0 Å². The molecule has 1 saturated carbocycles. The molecule has 0 unspecified atom stereocenters. The van der Waals surface area contributed by atoms with Crippen molar-refractivity contribution in [3.63, 3.8) is 0 Å². The van der Waals surface area contributed by atoms with E-state index >= 15 is 0 Å². The second kappa shape index (κ2) is 4.51. The van der Waals surface area contributed by atoms with Crippen LogP contribution in [0.2, 0.25) is 0 Å². The topological polar surface area (TPSA) is 74.6 Å². The number of rotatable bonds is 3. The molecule has 2 N–H and O–H groups in total. The molecule has 0 amide bonds. The summed E-state index contributed by atoms with van der Waals surface area (Å²) in [6, 6.07) is 0. The van der Waals surface area contributed by atoms with E-state index in [4.69, 9.17) is 5.11 Å². The number of aliphatic carboxylic acids is 2. The lowest BCUT2D eigenvalue weighted by Gasteiger charge is -2.37. The fourth-order valence-corrected chi connectivity index (χ4v) is 2.74. The van der Waals surface area contributed by atoms with E-state index in [2.05, 4.69) is 22.9 Å². The van der Waals surface area contributed by atoms with E-state index in [1.54, 1.807) is 0 Å². The van der Waals surface area contributed by atoms with Crippen LogP contribution in [0.4, 0.5) is 0 Å². The Kier molecular flexibility index (Phi) is 3.76. The highest BCUT2D eigenvalue weighted by Gasteiger charge is 2.49. The molecular formula is C10H15BrO4. The molecule has 0 spiro atoms. The van der Waals surface area contributed by atoms with Crippen molar-refractivity contribution in [2.45, 2.75) is 37.4 Å². The zero-order valence-electron chi connectivity index (χ0n) is 8.57.